The summed E-state index contributed by atoms with van der Waals surface area (Å²) in [5, 5.41) is 12.8. The molecule has 7 heteroatoms. The molecule has 1 heterocycles. The van der Waals surface area contributed by atoms with Crippen LogP contribution in [-0.4, -0.2) is 10.5 Å². The number of nitrogens with one attached hydrogen (secondary N) is 1. The molecule has 29 heavy (non-hydrogen) atoms. The molecule has 0 aliphatic rings. The van der Waals surface area contributed by atoms with E-state index in [1.54, 1.807) is 24.3 Å². The Balaban J connectivity index is 1.96. The van der Waals surface area contributed by atoms with Gasteiger partial charge in [0.2, 0.25) is 0 Å². The summed E-state index contributed by atoms with van der Waals surface area (Å²) in [6, 6.07) is 16.7. The number of halogens is 3. The van der Waals surface area contributed by atoms with Crippen molar-refractivity contribution in [2.75, 3.05) is 5.32 Å². The maximum Gasteiger partial charge on any atom is 0.266 e. The Bertz CT molecular complexity index is 1140. The number of carbonyl (C=O) groups excluding carboxylic acids is 1. The summed E-state index contributed by atoms with van der Waals surface area (Å²) in [5.74, 6) is -0.573. The fourth-order valence-electron chi connectivity index (χ4n) is 3.02. The second-order valence-corrected chi connectivity index (χ2v) is 8.09. The van der Waals surface area contributed by atoms with Gasteiger partial charge >= 0.3 is 0 Å². The van der Waals surface area contributed by atoms with Gasteiger partial charge in [-0.3, -0.25) is 4.79 Å². The molecule has 3 rings (SSSR count). The van der Waals surface area contributed by atoms with Gasteiger partial charge in [-0.2, -0.15) is 5.26 Å². The summed E-state index contributed by atoms with van der Waals surface area (Å²) in [6.45, 7) is 3.92. The first-order valence-corrected chi connectivity index (χ1v) is 10.2. The van der Waals surface area contributed by atoms with Crippen LogP contribution in [-0.2, 0) is 4.79 Å². The monoisotopic (exact) mass is 487 g/mol. The normalized spacial score (nSPS) is 11.2. The quantitative estimate of drug-likeness (QED) is 0.327. The van der Waals surface area contributed by atoms with Crippen LogP contribution in [0.25, 0.3) is 11.8 Å². The molecular formula is C22H16BrCl2N3O. The van der Waals surface area contributed by atoms with Crippen molar-refractivity contribution in [3.8, 4) is 11.8 Å². The Morgan fingerprint density at radius 1 is 1.14 bits per heavy atom. The molecule has 2 aromatic carbocycles. The van der Waals surface area contributed by atoms with Gasteiger partial charge in [-0.15, -0.1) is 0 Å². The first-order chi connectivity index (χ1) is 13.8. The van der Waals surface area contributed by atoms with Crippen molar-refractivity contribution < 1.29 is 4.79 Å². The summed E-state index contributed by atoms with van der Waals surface area (Å²) in [6.07, 6.45) is 1.57. The molecule has 0 radical (unpaired) electrons. The molecule has 3 aromatic rings. The van der Waals surface area contributed by atoms with Gasteiger partial charge in [0.05, 0.1) is 15.7 Å². The standard InChI is InChI=1S/C22H16BrCl2N3O/c1-13-10-15(14(2)28(13)18-8-6-17(23)7-9-18)11-16(12-26)22(29)27-21-19(24)4-3-5-20(21)25/h3-11H,1-2H3,(H,27,29)/b16-11+. The third-order valence-electron chi connectivity index (χ3n) is 4.42. The Morgan fingerprint density at radius 2 is 1.76 bits per heavy atom. The highest BCUT2D eigenvalue weighted by Gasteiger charge is 2.16. The first-order valence-electron chi connectivity index (χ1n) is 8.64. The lowest BCUT2D eigenvalue weighted by Gasteiger charge is -2.10. The van der Waals surface area contributed by atoms with Crippen molar-refractivity contribution in [3.05, 3.63) is 85.6 Å². The Hall–Kier alpha value is -2.52. The van der Waals surface area contributed by atoms with Crippen LogP contribution in [0.3, 0.4) is 0 Å². The number of para-hydroxylation sites is 1. The average molecular weight is 489 g/mol. The minimum Gasteiger partial charge on any atom is -0.319 e. The van der Waals surface area contributed by atoms with Gasteiger partial charge in [-0.05, 0) is 68.0 Å². The van der Waals surface area contributed by atoms with Crippen LogP contribution in [0.15, 0.2) is 58.6 Å². The molecule has 0 atom stereocenters. The fourth-order valence-corrected chi connectivity index (χ4v) is 3.78. The van der Waals surface area contributed by atoms with Gasteiger partial charge in [-0.25, -0.2) is 0 Å². The highest BCUT2D eigenvalue weighted by atomic mass is 79.9. The summed E-state index contributed by atoms with van der Waals surface area (Å²) in [5.41, 5.74) is 3.92. The summed E-state index contributed by atoms with van der Waals surface area (Å²) in [7, 11) is 0. The average Bonchev–Trinajstić information content (AvgIpc) is 2.96. The van der Waals surface area contributed by atoms with Crippen LogP contribution in [0.2, 0.25) is 10.0 Å². The zero-order valence-electron chi connectivity index (χ0n) is 15.6. The number of rotatable bonds is 4. The number of hydrogen-bond acceptors (Lipinski definition) is 2. The van der Waals surface area contributed by atoms with Crippen molar-refractivity contribution in [1.29, 1.82) is 5.26 Å². The Kier molecular flexibility index (Phi) is 6.49. The van der Waals surface area contributed by atoms with Gasteiger partial charge in [0.1, 0.15) is 11.6 Å². The van der Waals surface area contributed by atoms with E-state index >= 15 is 0 Å². The lowest BCUT2D eigenvalue weighted by molar-refractivity contribution is -0.112. The molecule has 1 amide bonds. The SMILES string of the molecule is Cc1cc(/C=C(\C#N)C(=O)Nc2c(Cl)cccc2Cl)c(C)n1-c1ccc(Br)cc1. The molecule has 0 saturated carbocycles. The third kappa shape index (κ3) is 4.56. The van der Waals surface area contributed by atoms with Crippen LogP contribution in [0.4, 0.5) is 5.69 Å². The summed E-state index contributed by atoms with van der Waals surface area (Å²) in [4.78, 5) is 12.6. The predicted octanol–water partition coefficient (Wildman–Crippen LogP) is 6.71. The van der Waals surface area contributed by atoms with E-state index in [0.29, 0.717) is 10.0 Å². The fraction of sp³-hybridized carbons (Fsp3) is 0.0909. The number of nitriles is 1. The van der Waals surface area contributed by atoms with E-state index in [1.807, 2.05) is 50.2 Å². The van der Waals surface area contributed by atoms with E-state index in [0.717, 1.165) is 27.1 Å². The van der Waals surface area contributed by atoms with Crippen LogP contribution >= 0.6 is 39.1 Å². The third-order valence-corrected chi connectivity index (χ3v) is 5.58. The van der Waals surface area contributed by atoms with Crippen molar-refractivity contribution in [2.24, 2.45) is 0 Å². The molecule has 0 spiro atoms. The smallest absolute Gasteiger partial charge is 0.266 e. The first kappa shape index (κ1) is 21.2. The molecule has 0 saturated heterocycles. The van der Waals surface area contributed by atoms with E-state index in [9.17, 15) is 10.1 Å². The van der Waals surface area contributed by atoms with Gasteiger partial charge in [0.15, 0.2) is 0 Å². The zero-order chi connectivity index (χ0) is 21.1. The molecular weight excluding hydrogens is 473 g/mol. The molecule has 1 aromatic heterocycles. The minimum atomic E-state index is -0.573. The molecule has 0 aliphatic heterocycles. The molecule has 1 N–H and O–H groups in total. The number of anilines is 1. The maximum absolute atomic E-state index is 12.6. The van der Waals surface area contributed by atoms with E-state index in [2.05, 4.69) is 25.8 Å². The predicted molar refractivity (Wildman–Crippen MR) is 122 cm³/mol. The lowest BCUT2D eigenvalue weighted by atomic mass is 10.1. The second-order valence-electron chi connectivity index (χ2n) is 6.36. The largest absolute Gasteiger partial charge is 0.319 e. The van der Waals surface area contributed by atoms with Gasteiger partial charge < -0.3 is 9.88 Å². The van der Waals surface area contributed by atoms with E-state index in [-0.39, 0.29) is 11.3 Å². The highest BCUT2D eigenvalue weighted by molar-refractivity contribution is 9.10. The van der Waals surface area contributed by atoms with Crippen LogP contribution in [0.5, 0.6) is 0 Å². The van der Waals surface area contributed by atoms with Crippen LogP contribution in [0.1, 0.15) is 17.0 Å². The van der Waals surface area contributed by atoms with Crippen molar-refractivity contribution >= 4 is 56.8 Å². The summed E-state index contributed by atoms with van der Waals surface area (Å²) >= 11 is 15.6. The molecule has 4 nitrogen and oxygen atoms in total. The Labute approximate surface area is 187 Å². The number of aryl methyl sites for hydroxylation is 1. The van der Waals surface area contributed by atoms with Crippen molar-refractivity contribution in [2.45, 2.75) is 13.8 Å². The zero-order valence-corrected chi connectivity index (χ0v) is 18.7. The highest BCUT2D eigenvalue weighted by Crippen LogP contribution is 2.30. The van der Waals surface area contributed by atoms with Crippen LogP contribution < -0.4 is 5.32 Å². The summed E-state index contributed by atoms with van der Waals surface area (Å²) < 4.78 is 3.06. The van der Waals surface area contributed by atoms with E-state index in [4.69, 9.17) is 23.2 Å². The van der Waals surface area contributed by atoms with Crippen molar-refractivity contribution in [1.82, 2.24) is 4.57 Å². The maximum atomic E-state index is 12.6. The van der Waals surface area contributed by atoms with Crippen molar-refractivity contribution in [3.63, 3.8) is 0 Å². The lowest BCUT2D eigenvalue weighted by Crippen LogP contribution is -2.14. The molecule has 0 bridgehead atoms. The number of nitrogens with zero attached hydrogens (tertiary/aromatic N) is 2. The van der Waals surface area contributed by atoms with Crippen LogP contribution in [0, 0.1) is 25.2 Å². The second kappa shape index (κ2) is 8.87. The van der Waals surface area contributed by atoms with Gasteiger partial charge in [-0.1, -0.05) is 45.2 Å². The topological polar surface area (TPSA) is 57.8 Å². The number of amides is 1. The molecule has 146 valence electrons. The van der Waals surface area contributed by atoms with E-state index in [1.165, 1.54) is 0 Å². The van der Waals surface area contributed by atoms with E-state index < -0.39 is 5.91 Å². The number of aromatic nitrogens is 1. The molecule has 0 unspecified atom stereocenters. The van der Waals surface area contributed by atoms with Gasteiger partial charge in [0.25, 0.3) is 5.91 Å². The molecule has 0 fully saturated rings. The number of benzene rings is 2. The number of carbonyl (C=O) groups is 1. The van der Waals surface area contributed by atoms with Gasteiger partial charge in [0, 0.05) is 21.5 Å². The minimum absolute atomic E-state index is 0.0444. The Morgan fingerprint density at radius 3 is 2.34 bits per heavy atom. The number of hydrogen-bond donors (Lipinski definition) is 1. The molecule has 0 aliphatic carbocycles.